The van der Waals surface area contributed by atoms with Gasteiger partial charge in [0.05, 0.1) is 13.0 Å². The number of amides is 2. The van der Waals surface area contributed by atoms with E-state index in [9.17, 15) is 9.59 Å². The van der Waals surface area contributed by atoms with E-state index in [4.69, 9.17) is 4.74 Å². The van der Waals surface area contributed by atoms with Crippen LogP contribution in [0.25, 0.3) is 0 Å². The van der Waals surface area contributed by atoms with Gasteiger partial charge in [-0.25, -0.2) is 0 Å². The highest BCUT2D eigenvalue weighted by Gasteiger charge is 2.42. The van der Waals surface area contributed by atoms with E-state index in [2.05, 4.69) is 5.32 Å². The number of hydrogen-bond donors (Lipinski definition) is 1. The second kappa shape index (κ2) is 7.66. The second-order valence-corrected chi connectivity index (χ2v) is 7.79. The summed E-state index contributed by atoms with van der Waals surface area (Å²) in [5.74, 6) is 0.592. The quantitative estimate of drug-likeness (QED) is 0.870. The molecule has 1 saturated carbocycles. The molecule has 0 aromatic heterocycles. The summed E-state index contributed by atoms with van der Waals surface area (Å²) in [4.78, 5) is 27.9. The normalized spacial score (nSPS) is 21.4. The summed E-state index contributed by atoms with van der Waals surface area (Å²) in [5, 5.41) is 3.13. The van der Waals surface area contributed by atoms with Crippen LogP contribution in [-0.2, 0) is 4.79 Å². The van der Waals surface area contributed by atoms with Crippen molar-refractivity contribution in [2.24, 2.45) is 5.92 Å². The van der Waals surface area contributed by atoms with E-state index in [1.807, 2.05) is 60.4 Å². The summed E-state index contributed by atoms with van der Waals surface area (Å²) in [6.45, 7) is 2.94. The fourth-order valence-electron chi connectivity index (χ4n) is 3.94. The molecule has 1 heterocycles. The molecular weight excluding hydrogens is 352 g/mol. The van der Waals surface area contributed by atoms with Gasteiger partial charge >= 0.3 is 0 Å². The van der Waals surface area contributed by atoms with Crippen molar-refractivity contribution in [2.45, 2.75) is 31.7 Å². The maximum Gasteiger partial charge on any atom is 0.254 e. The Labute approximate surface area is 165 Å². The molecule has 2 aliphatic rings. The van der Waals surface area contributed by atoms with Crippen molar-refractivity contribution < 1.29 is 14.3 Å². The highest BCUT2D eigenvalue weighted by Crippen LogP contribution is 2.35. The first kappa shape index (κ1) is 18.5. The Balaban J connectivity index is 1.59. The van der Waals surface area contributed by atoms with Gasteiger partial charge in [-0.05, 0) is 49.1 Å². The van der Waals surface area contributed by atoms with Gasteiger partial charge in [0.15, 0.2) is 0 Å². The SMILES string of the molecule is COc1ccc([C@H]2CN(C(=O)c3ccccc3C)C[C@@H]2C(=O)NC2CC2)cc1. The van der Waals surface area contributed by atoms with Gasteiger partial charge in [-0.2, -0.15) is 0 Å². The van der Waals surface area contributed by atoms with Crippen LogP contribution in [0.4, 0.5) is 0 Å². The van der Waals surface area contributed by atoms with Crippen LogP contribution >= 0.6 is 0 Å². The zero-order valence-electron chi connectivity index (χ0n) is 16.4. The van der Waals surface area contributed by atoms with E-state index in [1.165, 1.54) is 0 Å². The highest BCUT2D eigenvalue weighted by molar-refractivity contribution is 5.96. The van der Waals surface area contributed by atoms with Gasteiger partial charge in [0, 0.05) is 30.6 Å². The maximum atomic E-state index is 13.1. The van der Waals surface area contributed by atoms with Gasteiger partial charge in [-0.3, -0.25) is 9.59 Å². The van der Waals surface area contributed by atoms with E-state index < -0.39 is 0 Å². The minimum atomic E-state index is -0.234. The van der Waals surface area contributed by atoms with E-state index in [-0.39, 0.29) is 23.7 Å². The van der Waals surface area contributed by atoms with E-state index in [0.29, 0.717) is 24.7 Å². The Kier molecular flexibility index (Phi) is 5.07. The largest absolute Gasteiger partial charge is 0.497 e. The molecule has 2 fully saturated rings. The van der Waals surface area contributed by atoms with Gasteiger partial charge in [0.2, 0.25) is 5.91 Å². The number of methoxy groups -OCH3 is 1. The molecule has 1 N–H and O–H groups in total. The lowest BCUT2D eigenvalue weighted by atomic mass is 9.88. The first-order valence-corrected chi connectivity index (χ1v) is 9.86. The zero-order valence-corrected chi connectivity index (χ0v) is 16.4. The molecule has 2 atom stereocenters. The molecule has 2 aromatic carbocycles. The Morgan fingerprint density at radius 1 is 1.04 bits per heavy atom. The Bertz CT molecular complexity index is 874. The van der Waals surface area contributed by atoms with Crippen molar-refractivity contribution in [3.05, 3.63) is 65.2 Å². The van der Waals surface area contributed by atoms with Crippen LogP contribution in [0.1, 0.15) is 40.2 Å². The molecule has 1 aliphatic carbocycles. The number of carbonyl (C=O) groups excluding carboxylic acids is 2. The molecule has 5 heteroatoms. The molecule has 0 spiro atoms. The number of benzene rings is 2. The number of likely N-dealkylation sites (tertiary alicyclic amines) is 1. The molecule has 0 bridgehead atoms. The van der Waals surface area contributed by atoms with Crippen molar-refractivity contribution >= 4 is 11.8 Å². The lowest BCUT2D eigenvalue weighted by Crippen LogP contribution is -2.36. The second-order valence-electron chi connectivity index (χ2n) is 7.79. The van der Waals surface area contributed by atoms with Crippen LogP contribution in [-0.4, -0.2) is 43.0 Å². The first-order chi connectivity index (χ1) is 13.6. The van der Waals surface area contributed by atoms with Crippen LogP contribution in [0.5, 0.6) is 5.75 Å². The third kappa shape index (κ3) is 3.75. The molecule has 1 aliphatic heterocycles. The van der Waals surface area contributed by atoms with E-state index >= 15 is 0 Å². The zero-order chi connectivity index (χ0) is 19.7. The highest BCUT2D eigenvalue weighted by atomic mass is 16.5. The van der Waals surface area contributed by atoms with Crippen molar-refractivity contribution in [2.75, 3.05) is 20.2 Å². The Morgan fingerprint density at radius 3 is 2.39 bits per heavy atom. The summed E-state index contributed by atoms with van der Waals surface area (Å²) < 4.78 is 5.25. The smallest absolute Gasteiger partial charge is 0.254 e. The van der Waals surface area contributed by atoms with Crippen LogP contribution in [0.2, 0.25) is 0 Å². The molecule has 2 aromatic rings. The molecule has 0 radical (unpaired) electrons. The molecule has 1 saturated heterocycles. The van der Waals surface area contributed by atoms with Gasteiger partial charge in [0.1, 0.15) is 5.75 Å². The first-order valence-electron chi connectivity index (χ1n) is 9.86. The fourth-order valence-corrected chi connectivity index (χ4v) is 3.94. The molecule has 0 unspecified atom stereocenters. The molecule has 2 amide bonds. The standard InChI is InChI=1S/C23H26N2O3/c1-15-5-3-4-6-19(15)23(27)25-13-20(16-7-11-18(28-2)12-8-16)21(14-25)22(26)24-17-9-10-17/h3-8,11-12,17,20-21H,9-10,13-14H2,1-2H3,(H,24,26)/t20-,21+/m1/s1. The topological polar surface area (TPSA) is 58.6 Å². The summed E-state index contributed by atoms with van der Waals surface area (Å²) >= 11 is 0. The van der Waals surface area contributed by atoms with Crippen molar-refractivity contribution in [3.8, 4) is 5.75 Å². The third-order valence-corrected chi connectivity index (χ3v) is 5.79. The number of aryl methyl sites for hydroxylation is 1. The third-order valence-electron chi connectivity index (χ3n) is 5.79. The average Bonchev–Trinajstić information content (AvgIpc) is 3.41. The van der Waals surface area contributed by atoms with Crippen molar-refractivity contribution in [1.29, 1.82) is 0 Å². The molecule has 146 valence electrons. The summed E-state index contributed by atoms with van der Waals surface area (Å²) in [6, 6.07) is 15.8. The lowest BCUT2D eigenvalue weighted by Gasteiger charge is -2.18. The molecule has 28 heavy (non-hydrogen) atoms. The van der Waals surface area contributed by atoms with Crippen LogP contribution < -0.4 is 10.1 Å². The predicted molar refractivity (Wildman–Crippen MR) is 107 cm³/mol. The predicted octanol–water partition coefficient (Wildman–Crippen LogP) is 3.14. The summed E-state index contributed by atoms with van der Waals surface area (Å²) in [7, 11) is 1.64. The Hall–Kier alpha value is -2.82. The van der Waals surface area contributed by atoms with Gasteiger partial charge in [-0.15, -0.1) is 0 Å². The molecule has 4 rings (SSSR count). The van der Waals surface area contributed by atoms with Crippen molar-refractivity contribution in [1.82, 2.24) is 10.2 Å². The van der Waals surface area contributed by atoms with E-state index in [1.54, 1.807) is 7.11 Å². The molecular formula is C23H26N2O3. The minimum Gasteiger partial charge on any atom is -0.497 e. The monoisotopic (exact) mass is 378 g/mol. The van der Waals surface area contributed by atoms with Crippen LogP contribution in [0.3, 0.4) is 0 Å². The lowest BCUT2D eigenvalue weighted by molar-refractivity contribution is -0.125. The van der Waals surface area contributed by atoms with Gasteiger partial charge in [-0.1, -0.05) is 30.3 Å². The number of nitrogens with one attached hydrogen (secondary N) is 1. The number of nitrogens with zero attached hydrogens (tertiary/aromatic N) is 1. The number of rotatable bonds is 5. The maximum absolute atomic E-state index is 13.1. The number of ether oxygens (including phenoxy) is 1. The summed E-state index contributed by atoms with van der Waals surface area (Å²) in [5.41, 5.74) is 2.73. The van der Waals surface area contributed by atoms with Crippen LogP contribution in [0.15, 0.2) is 48.5 Å². The minimum absolute atomic E-state index is 0.00154. The number of hydrogen-bond acceptors (Lipinski definition) is 3. The summed E-state index contributed by atoms with van der Waals surface area (Å²) in [6.07, 6.45) is 2.11. The van der Waals surface area contributed by atoms with Gasteiger partial charge < -0.3 is 15.0 Å². The van der Waals surface area contributed by atoms with E-state index in [0.717, 1.165) is 29.7 Å². The number of carbonyl (C=O) groups is 2. The average molecular weight is 378 g/mol. The van der Waals surface area contributed by atoms with Crippen molar-refractivity contribution in [3.63, 3.8) is 0 Å². The fraction of sp³-hybridized carbons (Fsp3) is 0.391. The van der Waals surface area contributed by atoms with Crippen LogP contribution in [0, 0.1) is 12.8 Å². The van der Waals surface area contributed by atoms with Gasteiger partial charge in [0.25, 0.3) is 5.91 Å². The Morgan fingerprint density at radius 2 is 1.75 bits per heavy atom. The molecule has 5 nitrogen and oxygen atoms in total.